The Labute approximate surface area is 161 Å². The molecular formula is C26H36. The summed E-state index contributed by atoms with van der Waals surface area (Å²) in [7, 11) is 0. The smallest absolute Gasteiger partial charge is 0.00258 e. The number of hydrogen-bond acceptors (Lipinski definition) is 0. The Balaban J connectivity index is 0.000000949. The Morgan fingerprint density at radius 1 is 0.462 bits per heavy atom. The summed E-state index contributed by atoms with van der Waals surface area (Å²) in [4.78, 5) is 0. The minimum Gasteiger partial charge on any atom is -0.0776 e. The third kappa shape index (κ3) is 9.22. The van der Waals surface area contributed by atoms with Crippen LogP contribution in [0.1, 0.15) is 63.8 Å². The van der Waals surface area contributed by atoms with Crippen molar-refractivity contribution >= 4 is 0 Å². The monoisotopic (exact) mass is 348 g/mol. The SMILES string of the molecule is C.CC.CCC.c1ccc(Cc2ccc(Cc3ccccc3)cc2)cc1. The zero-order valence-electron chi connectivity index (χ0n) is 16.2. The van der Waals surface area contributed by atoms with Crippen molar-refractivity contribution < 1.29 is 0 Å². The Kier molecular flexibility index (Phi) is 13.6. The molecule has 0 aliphatic rings. The second-order valence-electron chi connectivity index (χ2n) is 5.85. The Hall–Kier alpha value is -2.34. The molecule has 0 atom stereocenters. The topological polar surface area (TPSA) is 0 Å². The van der Waals surface area contributed by atoms with E-state index in [9.17, 15) is 0 Å². The first-order valence-electron chi connectivity index (χ1n) is 9.47. The van der Waals surface area contributed by atoms with Crippen molar-refractivity contribution in [1.29, 1.82) is 0 Å². The van der Waals surface area contributed by atoms with Crippen molar-refractivity contribution in [2.75, 3.05) is 0 Å². The van der Waals surface area contributed by atoms with Gasteiger partial charge in [0.1, 0.15) is 0 Å². The van der Waals surface area contributed by atoms with E-state index in [1.165, 1.54) is 28.7 Å². The summed E-state index contributed by atoms with van der Waals surface area (Å²) in [6, 6.07) is 30.2. The molecule has 0 spiro atoms. The van der Waals surface area contributed by atoms with Gasteiger partial charge in [0, 0.05) is 0 Å². The summed E-state index contributed by atoms with van der Waals surface area (Å²) >= 11 is 0. The van der Waals surface area contributed by atoms with E-state index in [1.54, 1.807) is 0 Å². The van der Waals surface area contributed by atoms with Gasteiger partial charge in [-0.25, -0.2) is 0 Å². The predicted octanol–water partition coefficient (Wildman–Crippen LogP) is 7.95. The van der Waals surface area contributed by atoms with Crippen LogP contribution in [-0.4, -0.2) is 0 Å². The molecule has 0 radical (unpaired) electrons. The Morgan fingerprint density at radius 3 is 0.962 bits per heavy atom. The van der Waals surface area contributed by atoms with Crippen molar-refractivity contribution in [3.05, 3.63) is 107 Å². The second kappa shape index (κ2) is 15.0. The Morgan fingerprint density at radius 2 is 0.692 bits per heavy atom. The molecule has 0 aliphatic heterocycles. The molecule has 3 rings (SSSR count). The molecule has 0 aliphatic carbocycles. The molecule has 0 saturated carbocycles. The van der Waals surface area contributed by atoms with Crippen LogP contribution in [-0.2, 0) is 12.8 Å². The molecule has 0 N–H and O–H groups in total. The van der Waals surface area contributed by atoms with Gasteiger partial charge >= 0.3 is 0 Å². The predicted molar refractivity (Wildman–Crippen MR) is 119 cm³/mol. The second-order valence-corrected chi connectivity index (χ2v) is 5.85. The number of rotatable bonds is 4. The lowest BCUT2D eigenvalue weighted by molar-refractivity contribution is 1.09. The standard InChI is InChI=1S/C20H18.C3H8.C2H6.CH4/c1-3-7-17(8-4-1)15-19-11-13-20(14-12-19)16-18-9-5-2-6-10-18;1-3-2;1-2;/h1-14H,15-16H2;3H2,1-2H3;1-2H3;1H4. The molecule has 0 bridgehead atoms. The van der Waals surface area contributed by atoms with Gasteiger partial charge in [0.25, 0.3) is 0 Å². The first kappa shape index (κ1) is 23.7. The highest BCUT2D eigenvalue weighted by atomic mass is 14.0. The highest BCUT2D eigenvalue weighted by Gasteiger charge is 1.98. The summed E-state index contributed by atoms with van der Waals surface area (Å²) in [6.45, 7) is 8.25. The summed E-state index contributed by atoms with van der Waals surface area (Å²) in [5.41, 5.74) is 5.47. The third-order valence-electron chi connectivity index (χ3n) is 3.53. The largest absolute Gasteiger partial charge is 0.0776 e. The molecule has 26 heavy (non-hydrogen) atoms. The minimum atomic E-state index is 0. The molecule has 0 heteroatoms. The van der Waals surface area contributed by atoms with Crippen LogP contribution in [0.5, 0.6) is 0 Å². The van der Waals surface area contributed by atoms with Crippen LogP contribution in [0.15, 0.2) is 84.9 Å². The number of benzene rings is 3. The van der Waals surface area contributed by atoms with E-state index < -0.39 is 0 Å². The van der Waals surface area contributed by atoms with Crippen LogP contribution in [0, 0.1) is 0 Å². The fraction of sp³-hybridized carbons (Fsp3) is 0.308. The zero-order valence-corrected chi connectivity index (χ0v) is 16.2. The number of hydrogen-bond donors (Lipinski definition) is 0. The molecule has 0 nitrogen and oxygen atoms in total. The van der Waals surface area contributed by atoms with Gasteiger partial charge < -0.3 is 0 Å². The van der Waals surface area contributed by atoms with E-state index in [1.807, 2.05) is 13.8 Å². The molecular weight excluding hydrogens is 312 g/mol. The lowest BCUT2D eigenvalue weighted by Crippen LogP contribution is -1.91. The van der Waals surface area contributed by atoms with Gasteiger partial charge in [0.05, 0.1) is 0 Å². The van der Waals surface area contributed by atoms with Crippen LogP contribution in [0.3, 0.4) is 0 Å². The highest BCUT2D eigenvalue weighted by Crippen LogP contribution is 2.13. The summed E-state index contributed by atoms with van der Waals surface area (Å²) in [6.07, 6.45) is 3.26. The van der Waals surface area contributed by atoms with E-state index in [2.05, 4.69) is 98.8 Å². The average molecular weight is 349 g/mol. The van der Waals surface area contributed by atoms with Crippen LogP contribution in [0.4, 0.5) is 0 Å². The quantitative estimate of drug-likeness (QED) is 0.449. The van der Waals surface area contributed by atoms with Gasteiger partial charge in [0.15, 0.2) is 0 Å². The van der Waals surface area contributed by atoms with Crippen LogP contribution in [0.25, 0.3) is 0 Å². The summed E-state index contributed by atoms with van der Waals surface area (Å²) in [5, 5.41) is 0. The highest BCUT2D eigenvalue weighted by molar-refractivity contribution is 5.31. The van der Waals surface area contributed by atoms with Gasteiger partial charge in [-0.05, 0) is 35.1 Å². The van der Waals surface area contributed by atoms with Crippen LogP contribution in [0.2, 0.25) is 0 Å². The van der Waals surface area contributed by atoms with E-state index in [4.69, 9.17) is 0 Å². The van der Waals surface area contributed by atoms with Crippen molar-refractivity contribution in [2.45, 2.75) is 54.4 Å². The van der Waals surface area contributed by atoms with Crippen molar-refractivity contribution in [2.24, 2.45) is 0 Å². The lowest BCUT2D eigenvalue weighted by Gasteiger charge is -2.05. The van der Waals surface area contributed by atoms with Crippen LogP contribution < -0.4 is 0 Å². The minimum absolute atomic E-state index is 0. The van der Waals surface area contributed by atoms with Gasteiger partial charge in [-0.2, -0.15) is 0 Å². The van der Waals surface area contributed by atoms with Gasteiger partial charge in [-0.15, -0.1) is 0 Å². The molecule has 0 amide bonds. The maximum absolute atomic E-state index is 2.24. The molecule has 0 unspecified atom stereocenters. The molecule has 0 fully saturated rings. The fourth-order valence-electron chi connectivity index (χ4n) is 2.44. The van der Waals surface area contributed by atoms with Crippen molar-refractivity contribution in [1.82, 2.24) is 0 Å². The zero-order chi connectivity index (χ0) is 18.3. The molecule has 3 aromatic carbocycles. The lowest BCUT2D eigenvalue weighted by atomic mass is 10.0. The molecule has 3 aromatic rings. The molecule has 140 valence electrons. The van der Waals surface area contributed by atoms with E-state index in [0.29, 0.717) is 0 Å². The van der Waals surface area contributed by atoms with Gasteiger partial charge in [-0.3, -0.25) is 0 Å². The van der Waals surface area contributed by atoms with Gasteiger partial charge in [-0.1, -0.05) is 126 Å². The normalized spacial score (nSPS) is 8.92. The van der Waals surface area contributed by atoms with Crippen molar-refractivity contribution in [3.63, 3.8) is 0 Å². The van der Waals surface area contributed by atoms with Crippen molar-refractivity contribution in [3.8, 4) is 0 Å². The first-order valence-corrected chi connectivity index (χ1v) is 9.47. The summed E-state index contributed by atoms with van der Waals surface area (Å²) < 4.78 is 0. The average Bonchev–Trinajstić information content (AvgIpc) is 2.67. The fourth-order valence-corrected chi connectivity index (χ4v) is 2.44. The molecule has 0 aromatic heterocycles. The Bertz CT molecular complexity index is 591. The van der Waals surface area contributed by atoms with E-state index in [-0.39, 0.29) is 7.43 Å². The first-order chi connectivity index (χ1) is 12.3. The third-order valence-corrected chi connectivity index (χ3v) is 3.53. The van der Waals surface area contributed by atoms with E-state index >= 15 is 0 Å². The molecule has 0 heterocycles. The van der Waals surface area contributed by atoms with Crippen LogP contribution >= 0.6 is 0 Å². The summed E-state index contributed by atoms with van der Waals surface area (Å²) in [5.74, 6) is 0. The maximum atomic E-state index is 2.24. The maximum Gasteiger partial charge on any atom is -0.00258 e. The van der Waals surface area contributed by atoms with Gasteiger partial charge in [0.2, 0.25) is 0 Å². The molecule has 0 saturated heterocycles. The van der Waals surface area contributed by atoms with E-state index in [0.717, 1.165) is 12.8 Å².